The molecule has 0 saturated heterocycles. The molecule has 6 nitrogen and oxygen atoms in total. The first kappa shape index (κ1) is 30.1. The van der Waals surface area contributed by atoms with E-state index in [1.165, 1.54) is 13.0 Å². The first-order valence-electron chi connectivity index (χ1n) is 12.8. The highest BCUT2D eigenvalue weighted by molar-refractivity contribution is 6.00. The van der Waals surface area contributed by atoms with Crippen LogP contribution in [0.2, 0.25) is 0 Å². The summed E-state index contributed by atoms with van der Waals surface area (Å²) in [6, 6.07) is 6.99. The highest BCUT2D eigenvalue weighted by Crippen LogP contribution is 2.18. The molecule has 0 fully saturated rings. The van der Waals surface area contributed by atoms with E-state index in [4.69, 9.17) is 0 Å². The number of aliphatic hydroxyl groups is 1. The van der Waals surface area contributed by atoms with E-state index in [-0.39, 0.29) is 35.7 Å². The average Bonchev–Trinajstić information content (AvgIpc) is 2.81. The van der Waals surface area contributed by atoms with Crippen molar-refractivity contribution >= 4 is 17.6 Å². The van der Waals surface area contributed by atoms with Gasteiger partial charge in [0.1, 0.15) is 17.4 Å². The number of aliphatic hydroxyl groups excluding tert-OH is 1. The van der Waals surface area contributed by atoms with Gasteiger partial charge in [0, 0.05) is 36.2 Å². The number of halogens is 2. The number of Topliss-reactive ketones (excluding diaryl/α,β-unsaturated/α-hetero) is 1. The Kier molecular flexibility index (Phi) is 11.4. The van der Waals surface area contributed by atoms with Crippen molar-refractivity contribution in [3.8, 4) is 0 Å². The molecular formula is C29H38F2N2O4. The number of carbonyl (C=O) groups is 3. The van der Waals surface area contributed by atoms with Gasteiger partial charge >= 0.3 is 0 Å². The maximum Gasteiger partial charge on any atom is 0.253 e. The molecule has 0 aliphatic carbocycles. The van der Waals surface area contributed by atoms with Gasteiger partial charge in [0.25, 0.3) is 11.8 Å². The Morgan fingerprint density at radius 3 is 2.05 bits per heavy atom. The summed E-state index contributed by atoms with van der Waals surface area (Å²) >= 11 is 0. The number of ketones is 1. The van der Waals surface area contributed by atoms with E-state index in [1.807, 2.05) is 13.8 Å². The number of aryl methyl sites for hydroxylation is 1. The normalized spacial score (nSPS) is 13.5. The van der Waals surface area contributed by atoms with Gasteiger partial charge in [-0.25, -0.2) is 8.78 Å². The zero-order valence-electron chi connectivity index (χ0n) is 22.3. The Bertz CT molecular complexity index is 1080. The SMILES string of the molecule is CCCN(CCC)C(=O)c1cc(C)cc(C(=O)NC(Cc2cc(F)cc(F)c2)[C@@H](O)C[C@@H](C)C(C)=O)c1. The lowest BCUT2D eigenvalue weighted by Crippen LogP contribution is -2.46. The number of hydrogen-bond donors (Lipinski definition) is 2. The first-order chi connectivity index (χ1) is 17.4. The van der Waals surface area contributed by atoms with E-state index >= 15 is 0 Å². The van der Waals surface area contributed by atoms with Gasteiger partial charge in [-0.15, -0.1) is 0 Å². The Hall–Kier alpha value is -3.13. The van der Waals surface area contributed by atoms with Crippen molar-refractivity contribution in [1.29, 1.82) is 0 Å². The average molecular weight is 517 g/mol. The molecule has 0 saturated carbocycles. The van der Waals surface area contributed by atoms with Crippen molar-refractivity contribution in [1.82, 2.24) is 10.2 Å². The van der Waals surface area contributed by atoms with Crippen molar-refractivity contribution in [3.63, 3.8) is 0 Å². The summed E-state index contributed by atoms with van der Waals surface area (Å²) in [6.45, 7) is 10.1. The van der Waals surface area contributed by atoms with Crippen LogP contribution < -0.4 is 5.32 Å². The molecule has 2 rings (SSSR count). The molecule has 3 atom stereocenters. The molecule has 202 valence electrons. The summed E-state index contributed by atoms with van der Waals surface area (Å²) in [5.74, 6) is -2.82. The van der Waals surface area contributed by atoms with Gasteiger partial charge in [0.15, 0.2) is 0 Å². The molecule has 1 unspecified atom stereocenters. The van der Waals surface area contributed by atoms with Gasteiger partial charge in [-0.3, -0.25) is 14.4 Å². The molecule has 0 spiro atoms. The van der Waals surface area contributed by atoms with Crippen LogP contribution in [0.5, 0.6) is 0 Å². The van der Waals surface area contributed by atoms with Crippen LogP contribution in [-0.2, 0) is 11.2 Å². The van der Waals surface area contributed by atoms with Crippen molar-refractivity contribution in [2.75, 3.05) is 13.1 Å². The van der Waals surface area contributed by atoms with Gasteiger partial charge in [-0.2, -0.15) is 0 Å². The fourth-order valence-corrected chi connectivity index (χ4v) is 4.29. The quantitative estimate of drug-likeness (QED) is 0.398. The molecule has 0 aromatic heterocycles. The third-order valence-corrected chi connectivity index (χ3v) is 6.31. The van der Waals surface area contributed by atoms with Gasteiger partial charge in [-0.05, 0) is 81.0 Å². The summed E-state index contributed by atoms with van der Waals surface area (Å²) in [7, 11) is 0. The van der Waals surface area contributed by atoms with Gasteiger partial charge in [0.2, 0.25) is 0 Å². The van der Waals surface area contributed by atoms with E-state index in [1.54, 1.807) is 30.9 Å². The van der Waals surface area contributed by atoms with Crippen molar-refractivity contribution in [3.05, 3.63) is 70.3 Å². The number of nitrogens with zero attached hydrogens (tertiary/aromatic N) is 1. The Morgan fingerprint density at radius 1 is 0.946 bits per heavy atom. The number of carbonyl (C=O) groups excluding carboxylic acids is 3. The largest absolute Gasteiger partial charge is 0.391 e. The fourth-order valence-electron chi connectivity index (χ4n) is 4.29. The van der Waals surface area contributed by atoms with Crippen molar-refractivity contribution in [2.45, 2.75) is 72.4 Å². The second-order valence-corrected chi connectivity index (χ2v) is 9.76. The summed E-state index contributed by atoms with van der Waals surface area (Å²) in [5.41, 5.74) is 1.60. The predicted octanol–water partition coefficient (Wildman–Crippen LogP) is 4.85. The van der Waals surface area contributed by atoms with E-state index in [2.05, 4.69) is 5.32 Å². The van der Waals surface area contributed by atoms with E-state index in [9.17, 15) is 28.3 Å². The van der Waals surface area contributed by atoms with Crippen LogP contribution in [0.1, 0.15) is 78.8 Å². The van der Waals surface area contributed by atoms with Crippen LogP contribution in [0.25, 0.3) is 0 Å². The monoisotopic (exact) mass is 516 g/mol. The molecule has 0 bridgehead atoms. The van der Waals surface area contributed by atoms with E-state index in [0.29, 0.717) is 18.7 Å². The molecule has 2 amide bonds. The molecule has 0 aliphatic rings. The van der Waals surface area contributed by atoms with Crippen LogP contribution in [0.4, 0.5) is 8.78 Å². The van der Waals surface area contributed by atoms with Crippen LogP contribution in [0.3, 0.4) is 0 Å². The number of amides is 2. The zero-order valence-corrected chi connectivity index (χ0v) is 22.3. The second kappa shape index (κ2) is 14.0. The molecular weight excluding hydrogens is 478 g/mol. The zero-order chi connectivity index (χ0) is 27.7. The standard InChI is InChI=1S/C29H38F2N2O4/c1-6-8-33(9-7-2)29(37)23-11-18(3)10-22(16-23)28(36)32-26(27(35)12-19(4)20(5)34)15-21-13-24(30)17-25(31)14-21/h10-11,13-14,16-17,19,26-27,35H,6-9,12,15H2,1-5H3,(H,32,36)/t19-,26?,27+/m1/s1. The number of hydrogen-bond acceptors (Lipinski definition) is 4. The lowest BCUT2D eigenvalue weighted by molar-refractivity contribution is -0.121. The van der Waals surface area contributed by atoms with Gasteiger partial charge < -0.3 is 15.3 Å². The Morgan fingerprint density at radius 2 is 1.51 bits per heavy atom. The van der Waals surface area contributed by atoms with E-state index < -0.39 is 35.6 Å². The first-order valence-corrected chi connectivity index (χ1v) is 12.8. The third-order valence-electron chi connectivity index (χ3n) is 6.31. The molecule has 0 aliphatic heterocycles. The number of rotatable bonds is 13. The minimum absolute atomic E-state index is 0.0510. The predicted molar refractivity (Wildman–Crippen MR) is 139 cm³/mol. The molecule has 8 heteroatoms. The smallest absolute Gasteiger partial charge is 0.253 e. The highest BCUT2D eigenvalue weighted by atomic mass is 19.1. The number of nitrogens with one attached hydrogen (secondary N) is 1. The molecule has 2 N–H and O–H groups in total. The molecule has 37 heavy (non-hydrogen) atoms. The van der Waals surface area contributed by atoms with Gasteiger partial charge in [-0.1, -0.05) is 20.8 Å². The molecule has 0 heterocycles. The minimum Gasteiger partial charge on any atom is -0.391 e. The topological polar surface area (TPSA) is 86.7 Å². The van der Waals surface area contributed by atoms with Crippen LogP contribution >= 0.6 is 0 Å². The fraction of sp³-hybridized carbons (Fsp3) is 0.483. The maximum absolute atomic E-state index is 13.8. The van der Waals surface area contributed by atoms with Crippen LogP contribution in [-0.4, -0.2) is 52.8 Å². The lowest BCUT2D eigenvalue weighted by atomic mass is 9.92. The Labute approximate surface area is 218 Å². The Balaban J connectivity index is 2.34. The number of benzene rings is 2. The summed E-state index contributed by atoms with van der Waals surface area (Å²) in [6.07, 6.45) is 0.487. The minimum atomic E-state index is -1.15. The molecule has 2 aromatic rings. The van der Waals surface area contributed by atoms with Crippen molar-refractivity contribution in [2.24, 2.45) is 5.92 Å². The van der Waals surface area contributed by atoms with Crippen LogP contribution in [0.15, 0.2) is 36.4 Å². The van der Waals surface area contributed by atoms with Gasteiger partial charge in [0.05, 0.1) is 12.1 Å². The summed E-state index contributed by atoms with van der Waals surface area (Å²) < 4.78 is 27.6. The molecule has 2 aromatic carbocycles. The summed E-state index contributed by atoms with van der Waals surface area (Å²) in [4.78, 5) is 39.9. The summed E-state index contributed by atoms with van der Waals surface area (Å²) in [5, 5.41) is 13.7. The third kappa shape index (κ3) is 9.04. The van der Waals surface area contributed by atoms with Crippen LogP contribution in [0, 0.1) is 24.5 Å². The van der Waals surface area contributed by atoms with Crippen molar-refractivity contribution < 1.29 is 28.3 Å². The maximum atomic E-state index is 13.8. The van der Waals surface area contributed by atoms with E-state index in [0.717, 1.165) is 36.6 Å². The molecule has 0 radical (unpaired) electrons. The lowest BCUT2D eigenvalue weighted by Gasteiger charge is -2.26. The highest BCUT2D eigenvalue weighted by Gasteiger charge is 2.26. The second-order valence-electron chi connectivity index (χ2n) is 9.76.